The van der Waals surface area contributed by atoms with E-state index in [0.29, 0.717) is 28.4 Å². The Labute approximate surface area is 255 Å². The van der Waals surface area contributed by atoms with Crippen molar-refractivity contribution in [2.24, 2.45) is 30.7 Å². The van der Waals surface area contributed by atoms with Crippen molar-refractivity contribution >= 4 is 57.4 Å². The van der Waals surface area contributed by atoms with Crippen LogP contribution in [0.2, 0.25) is 0 Å². The quantitative estimate of drug-likeness (QED) is 0.0815. The zero-order valence-electron chi connectivity index (χ0n) is 23.3. The van der Waals surface area contributed by atoms with Crippen molar-refractivity contribution in [2.45, 2.75) is 0 Å². The molecule has 45 heavy (non-hydrogen) atoms. The highest BCUT2D eigenvalue weighted by atomic mass is 16.4. The first-order valence-corrected chi connectivity index (χ1v) is 13.2. The maximum Gasteiger partial charge on any atom is 0.339 e. The van der Waals surface area contributed by atoms with E-state index < -0.39 is 11.9 Å². The summed E-state index contributed by atoms with van der Waals surface area (Å²) >= 11 is 0. The number of aromatic carboxylic acids is 2. The summed E-state index contributed by atoms with van der Waals surface area (Å²) in [5, 5.41) is 52.8. The van der Waals surface area contributed by atoms with Crippen LogP contribution in [-0.4, -0.2) is 27.3 Å². The van der Waals surface area contributed by atoms with Crippen LogP contribution in [0.5, 0.6) is 5.75 Å². The lowest BCUT2D eigenvalue weighted by Gasteiger charge is -2.06. The number of aromatic hydroxyl groups is 1. The molecule has 0 aromatic heterocycles. The molecule has 0 saturated heterocycles. The molecule has 0 aliphatic heterocycles. The first kappa shape index (κ1) is 29.7. The molecule has 0 amide bonds. The number of hydrogen-bond donors (Lipinski definition) is 5. The lowest BCUT2D eigenvalue weighted by molar-refractivity contribution is 0.0684. The highest BCUT2D eigenvalue weighted by molar-refractivity contribution is 5.92. The molecule has 0 aliphatic carbocycles. The zero-order valence-corrected chi connectivity index (χ0v) is 23.3. The van der Waals surface area contributed by atoms with Crippen molar-refractivity contribution in [1.29, 1.82) is 0 Å². The van der Waals surface area contributed by atoms with Crippen molar-refractivity contribution in [3.05, 3.63) is 114 Å². The van der Waals surface area contributed by atoms with E-state index in [4.69, 9.17) is 16.6 Å². The number of hydrogen-bond acceptors (Lipinski definition) is 11. The molecule has 0 aliphatic rings. The molecule has 0 heterocycles. The molecule has 0 fully saturated rings. The van der Waals surface area contributed by atoms with Gasteiger partial charge in [0.05, 0.1) is 39.7 Å². The third-order valence-electron chi connectivity index (χ3n) is 6.42. The Hall–Kier alpha value is -6.76. The Morgan fingerprint density at radius 3 is 1.73 bits per heavy atom. The number of nitrogens with two attached hydrogens (primary N) is 2. The van der Waals surface area contributed by atoms with Crippen molar-refractivity contribution in [3.8, 4) is 16.9 Å². The molecule has 7 N–H and O–H groups in total. The second kappa shape index (κ2) is 13.0. The highest BCUT2D eigenvalue weighted by Gasteiger charge is 2.11. The minimum absolute atomic E-state index is 0.0744. The van der Waals surface area contributed by atoms with E-state index in [1.54, 1.807) is 48.5 Å². The van der Waals surface area contributed by atoms with Gasteiger partial charge in [-0.05, 0) is 83.9 Å². The Balaban J connectivity index is 1.27. The van der Waals surface area contributed by atoms with E-state index in [0.717, 1.165) is 11.1 Å². The Bertz CT molecular complexity index is 1990. The van der Waals surface area contributed by atoms with Crippen LogP contribution in [0.4, 0.5) is 45.5 Å². The predicted molar refractivity (Wildman–Crippen MR) is 168 cm³/mol. The van der Waals surface area contributed by atoms with Gasteiger partial charge in [-0.15, -0.1) is 10.2 Å². The van der Waals surface area contributed by atoms with Crippen LogP contribution in [0.25, 0.3) is 11.1 Å². The van der Waals surface area contributed by atoms with Gasteiger partial charge in [0.15, 0.2) is 0 Å². The molecule has 0 saturated carbocycles. The van der Waals surface area contributed by atoms with Gasteiger partial charge in [0.25, 0.3) is 0 Å². The van der Waals surface area contributed by atoms with Crippen LogP contribution in [-0.2, 0) is 0 Å². The van der Waals surface area contributed by atoms with Crippen molar-refractivity contribution in [2.75, 3.05) is 11.5 Å². The molecular formula is C32H24N8O5. The van der Waals surface area contributed by atoms with Gasteiger partial charge < -0.3 is 26.8 Å². The predicted octanol–water partition coefficient (Wildman–Crippen LogP) is 8.87. The SMILES string of the molecule is Nc1ccc(N=Nc2ccc(-c3ccc(N=Nc4ccc(O)c(C(=O)O)c4)cc3)cc2)c(N)c1N=Nc1cccc(C(=O)O)c1. The number of rotatable bonds is 9. The van der Waals surface area contributed by atoms with E-state index in [-0.39, 0.29) is 33.9 Å². The van der Waals surface area contributed by atoms with Crippen LogP contribution >= 0.6 is 0 Å². The standard InChI is InChI=1S/C32H24N8O5/c33-26-13-14-27(29(34)30(26)40-38-23-3-1-2-20(16-23)31(42)43)39-36-22-10-6-19(7-11-22)18-4-8-21(9-5-18)35-37-24-12-15-28(41)25(17-24)32(44)45/h1-17,41H,33-34H2,(H,42,43)(H,44,45). The van der Waals surface area contributed by atoms with Gasteiger partial charge in [-0.3, -0.25) is 0 Å². The molecule has 0 radical (unpaired) electrons. The molecule has 0 unspecified atom stereocenters. The second-order valence-corrected chi connectivity index (χ2v) is 9.49. The van der Waals surface area contributed by atoms with Crippen molar-refractivity contribution in [3.63, 3.8) is 0 Å². The average molecular weight is 601 g/mol. The van der Waals surface area contributed by atoms with E-state index in [9.17, 15) is 19.8 Å². The molecule has 5 aromatic carbocycles. The summed E-state index contributed by atoms with van der Waals surface area (Å²) in [4.78, 5) is 22.4. The van der Waals surface area contributed by atoms with Gasteiger partial charge in [0, 0.05) is 0 Å². The molecule has 13 nitrogen and oxygen atoms in total. The van der Waals surface area contributed by atoms with Gasteiger partial charge in [-0.2, -0.15) is 20.5 Å². The maximum atomic E-state index is 11.2. The normalized spacial score (nSPS) is 11.5. The summed E-state index contributed by atoms with van der Waals surface area (Å²) < 4.78 is 0. The highest BCUT2D eigenvalue weighted by Crippen LogP contribution is 2.39. The first-order chi connectivity index (χ1) is 21.7. The van der Waals surface area contributed by atoms with E-state index in [2.05, 4.69) is 30.7 Å². The Morgan fingerprint density at radius 1 is 0.556 bits per heavy atom. The topological polar surface area (TPSA) is 221 Å². The number of phenols is 1. The number of carbonyl (C=O) groups is 2. The Kier molecular flexibility index (Phi) is 8.61. The third-order valence-corrected chi connectivity index (χ3v) is 6.42. The summed E-state index contributed by atoms with van der Waals surface area (Å²) in [6, 6.07) is 27.8. The van der Waals surface area contributed by atoms with Gasteiger partial charge in [-0.1, -0.05) is 30.3 Å². The van der Waals surface area contributed by atoms with Crippen LogP contribution in [0, 0.1) is 0 Å². The molecule has 0 atom stereocenters. The lowest BCUT2D eigenvalue weighted by Crippen LogP contribution is -1.95. The van der Waals surface area contributed by atoms with Crippen molar-refractivity contribution in [1.82, 2.24) is 0 Å². The summed E-state index contributed by atoms with van der Waals surface area (Å²) in [6.45, 7) is 0. The third kappa shape index (κ3) is 7.18. The molecular weight excluding hydrogens is 576 g/mol. The number of carboxylic acid groups (broad SMARTS) is 2. The molecule has 222 valence electrons. The number of benzene rings is 5. The lowest BCUT2D eigenvalue weighted by atomic mass is 10.1. The van der Waals surface area contributed by atoms with E-state index in [1.807, 2.05) is 24.3 Å². The number of azo groups is 3. The fraction of sp³-hybridized carbons (Fsp3) is 0. The summed E-state index contributed by atoms with van der Waals surface area (Å²) in [6.07, 6.45) is 0. The molecule has 13 heteroatoms. The molecule has 0 bridgehead atoms. The summed E-state index contributed by atoms with van der Waals surface area (Å²) in [5.74, 6) is -2.68. The monoisotopic (exact) mass is 600 g/mol. The molecule has 0 spiro atoms. The van der Waals surface area contributed by atoms with Gasteiger partial charge in [-0.25, -0.2) is 9.59 Å². The van der Waals surface area contributed by atoms with E-state index >= 15 is 0 Å². The minimum Gasteiger partial charge on any atom is -0.507 e. The summed E-state index contributed by atoms with van der Waals surface area (Å²) in [7, 11) is 0. The van der Waals surface area contributed by atoms with Crippen LogP contribution in [0.1, 0.15) is 20.7 Å². The van der Waals surface area contributed by atoms with Gasteiger partial charge in [0.2, 0.25) is 0 Å². The van der Waals surface area contributed by atoms with Crippen molar-refractivity contribution < 1.29 is 24.9 Å². The van der Waals surface area contributed by atoms with Crippen LogP contribution in [0.3, 0.4) is 0 Å². The fourth-order valence-electron chi connectivity index (χ4n) is 4.05. The smallest absolute Gasteiger partial charge is 0.339 e. The average Bonchev–Trinajstić information content (AvgIpc) is 3.04. The fourth-order valence-corrected chi connectivity index (χ4v) is 4.05. The van der Waals surface area contributed by atoms with E-state index in [1.165, 1.54) is 30.3 Å². The number of anilines is 2. The first-order valence-electron chi connectivity index (χ1n) is 13.2. The zero-order chi connectivity index (χ0) is 31.9. The van der Waals surface area contributed by atoms with Crippen LogP contribution < -0.4 is 11.5 Å². The molecule has 5 aromatic rings. The number of nitrogen functional groups attached to an aromatic ring is 2. The maximum absolute atomic E-state index is 11.2. The van der Waals surface area contributed by atoms with Gasteiger partial charge >= 0.3 is 11.9 Å². The molecule has 5 rings (SSSR count). The largest absolute Gasteiger partial charge is 0.507 e. The second-order valence-electron chi connectivity index (χ2n) is 9.49. The minimum atomic E-state index is -1.26. The number of nitrogens with zero attached hydrogens (tertiary/aromatic N) is 6. The van der Waals surface area contributed by atoms with Gasteiger partial charge in [0.1, 0.15) is 22.7 Å². The van der Waals surface area contributed by atoms with Crippen LogP contribution in [0.15, 0.2) is 134 Å². The summed E-state index contributed by atoms with van der Waals surface area (Å²) in [5.41, 5.74) is 16.7. The number of carboxylic acids is 2. The Morgan fingerprint density at radius 2 is 1.11 bits per heavy atom.